The topological polar surface area (TPSA) is 74.7 Å². The highest BCUT2D eigenvalue weighted by molar-refractivity contribution is 5.86. The molecule has 164 valence electrons. The molecule has 0 aliphatic carbocycles. The monoisotopic (exact) mass is 429 g/mol. The number of hydrogen-bond donors (Lipinski definition) is 1. The molecule has 1 aromatic heterocycles. The van der Waals surface area contributed by atoms with Gasteiger partial charge >= 0.3 is 5.97 Å². The van der Waals surface area contributed by atoms with Crippen molar-refractivity contribution < 1.29 is 18.7 Å². The second-order valence-electron chi connectivity index (χ2n) is 7.70. The van der Waals surface area contributed by atoms with E-state index in [0.717, 1.165) is 44.3 Å². The quantitative estimate of drug-likeness (QED) is 0.372. The first kappa shape index (κ1) is 21.7. The normalized spacial score (nSPS) is 11.0. The molecule has 0 aliphatic heterocycles. The van der Waals surface area contributed by atoms with Crippen LogP contribution in [0.1, 0.15) is 29.2 Å². The fraction of sp³-hybridized carbons (Fsp3) is 0.222. The van der Waals surface area contributed by atoms with E-state index in [1.165, 1.54) is 0 Å². The third kappa shape index (κ3) is 4.68. The van der Waals surface area contributed by atoms with Crippen molar-refractivity contribution in [1.29, 1.82) is 0 Å². The molecule has 0 fully saturated rings. The molecule has 32 heavy (non-hydrogen) atoms. The standard InChI is InChI=1S/C27H27NO4/c1-3-30-27(29)14-23-18(2)6-4-9-25(23)31-16-22-17-32-26-11-10-21(13-24(22)26)20-8-5-7-19(12-20)15-28/h4-13,17H,3,14-16,28H2,1-2H3. The molecule has 0 unspecified atom stereocenters. The number of fused-ring (bicyclic) bond motifs is 1. The van der Waals surface area contributed by atoms with E-state index in [-0.39, 0.29) is 12.4 Å². The van der Waals surface area contributed by atoms with Crippen molar-refractivity contribution in [3.63, 3.8) is 0 Å². The van der Waals surface area contributed by atoms with Crippen LogP contribution in [0.4, 0.5) is 0 Å². The van der Waals surface area contributed by atoms with Gasteiger partial charge in [0.1, 0.15) is 17.9 Å². The first-order valence-corrected chi connectivity index (χ1v) is 10.8. The van der Waals surface area contributed by atoms with Crippen molar-refractivity contribution >= 4 is 16.9 Å². The lowest BCUT2D eigenvalue weighted by Crippen LogP contribution is -2.10. The molecule has 5 nitrogen and oxygen atoms in total. The van der Waals surface area contributed by atoms with Gasteiger partial charge in [-0.1, -0.05) is 36.4 Å². The average molecular weight is 430 g/mol. The second-order valence-corrected chi connectivity index (χ2v) is 7.70. The molecule has 0 saturated carbocycles. The molecule has 0 atom stereocenters. The van der Waals surface area contributed by atoms with Crippen molar-refractivity contribution in [3.05, 3.63) is 89.2 Å². The minimum atomic E-state index is -0.259. The van der Waals surface area contributed by atoms with Gasteiger partial charge in [-0.3, -0.25) is 4.79 Å². The summed E-state index contributed by atoms with van der Waals surface area (Å²) in [6, 6.07) is 20.1. The summed E-state index contributed by atoms with van der Waals surface area (Å²) in [5.74, 6) is 0.420. The van der Waals surface area contributed by atoms with Gasteiger partial charge in [-0.15, -0.1) is 0 Å². The first-order chi connectivity index (χ1) is 15.6. The van der Waals surface area contributed by atoms with E-state index in [1.54, 1.807) is 13.2 Å². The van der Waals surface area contributed by atoms with Gasteiger partial charge in [0.15, 0.2) is 0 Å². The van der Waals surface area contributed by atoms with E-state index in [0.29, 0.717) is 25.5 Å². The van der Waals surface area contributed by atoms with Crippen molar-refractivity contribution in [2.24, 2.45) is 5.73 Å². The maximum absolute atomic E-state index is 12.0. The molecular formula is C27H27NO4. The number of rotatable bonds is 8. The Morgan fingerprint density at radius 3 is 2.66 bits per heavy atom. The van der Waals surface area contributed by atoms with Crippen LogP contribution in [0.3, 0.4) is 0 Å². The van der Waals surface area contributed by atoms with Crippen molar-refractivity contribution in [3.8, 4) is 16.9 Å². The third-order valence-electron chi connectivity index (χ3n) is 5.53. The smallest absolute Gasteiger partial charge is 0.310 e. The van der Waals surface area contributed by atoms with Gasteiger partial charge in [-0.05, 0) is 60.4 Å². The predicted molar refractivity (Wildman–Crippen MR) is 125 cm³/mol. The van der Waals surface area contributed by atoms with Gasteiger partial charge in [0.2, 0.25) is 0 Å². The number of ether oxygens (including phenoxy) is 2. The summed E-state index contributed by atoms with van der Waals surface area (Å²) >= 11 is 0. The van der Waals surface area contributed by atoms with Crippen molar-refractivity contribution in [2.75, 3.05) is 6.61 Å². The Hall–Kier alpha value is -3.57. The van der Waals surface area contributed by atoms with Crippen LogP contribution < -0.4 is 10.5 Å². The Balaban J connectivity index is 1.59. The van der Waals surface area contributed by atoms with E-state index >= 15 is 0 Å². The Morgan fingerprint density at radius 1 is 1.03 bits per heavy atom. The number of carbonyl (C=O) groups is 1. The lowest BCUT2D eigenvalue weighted by atomic mass is 10.0. The van der Waals surface area contributed by atoms with Crippen LogP contribution in [-0.4, -0.2) is 12.6 Å². The van der Waals surface area contributed by atoms with Gasteiger partial charge in [0, 0.05) is 23.1 Å². The Bertz CT molecular complexity index is 1240. The summed E-state index contributed by atoms with van der Waals surface area (Å²) in [5.41, 5.74) is 12.7. The molecule has 0 aliphatic rings. The third-order valence-corrected chi connectivity index (χ3v) is 5.53. The zero-order valence-electron chi connectivity index (χ0n) is 18.4. The zero-order valence-corrected chi connectivity index (χ0v) is 18.4. The van der Waals surface area contributed by atoms with Crippen LogP contribution in [0.15, 0.2) is 71.3 Å². The van der Waals surface area contributed by atoms with Gasteiger partial charge in [-0.25, -0.2) is 0 Å². The molecule has 0 saturated heterocycles. The second kappa shape index (κ2) is 9.71. The molecule has 3 aromatic carbocycles. The molecule has 0 amide bonds. The SMILES string of the molecule is CCOC(=O)Cc1c(C)cccc1OCc1coc2ccc(-c3cccc(CN)c3)cc12. The molecular weight excluding hydrogens is 402 g/mol. The van der Waals surface area contributed by atoms with Crippen LogP contribution in [0, 0.1) is 6.92 Å². The van der Waals surface area contributed by atoms with Gasteiger partial charge in [0.25, 0.3) is 0 Å². The van der Waals surface area contributed by atoms with E-state index in [9.17, 15) is 4.79 Å². The van der Waals surface area contributed by atoms with Crippen LogP contribution in [0.25, 0.3) is 22.1 Å². The number of carbonyl (C=O) groups excluding carboxylic acids is 1. The fourth-order valence-electron chi connectivity index (χ4n) is 3.80. The Morgan fingerprint density at radius 2 is 1.84 bits per heavy atom. The van der Waals surface area contributed by atoms with Crippen LogP contribution in [0.2, 0.25) is 0 Å². The van der Waals surface area contributed by atoms with Crippen LogP contribution in [-0.2, 0) is 29.1 Å². The summed E-state index contributed by atoms with van der Waals surface area (Å²) in [5, 5.41) is 1.00. The van der Waals surface area contributed by atoms with Crippen LogP contribution in [0.5, 0.6) is 5.75 Å². The van der Waals surface area contributed by atoms with Gasteiger partial charge in [0.05, 0.1) is 19.3 Å². The molecule has 4 rings (SSSR count). The number of furan rings is 1. The van der Waals surface area contributed by atoms with E-state index < -0.39 is 0 Å². The molecule has 4 aromatic rings. The molecule has 2 N–H and O–H groups in total. The molecule has 0 spiro atoms. The lowest BCUT2D eigenvalue weighted by Gasteiger charge is -2.13. The average Bonchev–Trinajstić information content (AvgIpc) is 3.22. The predicted octanol–water partition coefficient (Wildman–Crippen LogP) is 5.55. The maximum atomic E-state index is 12.0. The van der Waals surface area contributed by atoms with Gasteiger partial charge in [-0.2, -0.15) is 0 Å². The largest absolute Gasteiger partial charge is 0.488 e. The fourth-order valence-corrected chi connectivity index (χ4v) is 3.80. The highest BCUT2D eigenvalue weighted by atomic mass is 16.5. The minimum absolute atomic E-state index is 0.184. The van der Waals surface area contributed by atoms with Crippen molar-refractivity contribution in [2.45, 2.75) is 33.4 Å². The highest BCUT2D eigenvalue weighted by Gasteiger charge is 2.14. The summed E-state index contributed by atoms with van der Waals surface area (Å²) in [6.07, 6.45) is 1.91. The van der Waals surface area contributed by atoms with Crippen LogP contribution >= 0.6 is 0 Å². The van der Waals surface area contributed by atoms with E-state index in [2.05, 4.69) is 18.2 Å². The minimum Gasteiger partial charge on any atom is -0.488 e. The summed E-state index contributed by atoms with van der Waals surface area (Å²) in [7, 11) is 0. The number of hydrogen-bond acceptors (Lipinski definition) is 5. The number of aryl methyl sites for hydroxylation is 1. The molecule has 0 radical (unpaired) electrons. The van der Waals surface area contributed by atoms with Crippen molar-refractivity contribution in [1.82, 2.24) is 0 Å². The lowest BCUT2D eigenvalue weighted by molar-refractivity contribution is -0.142. The summed E-state index contributed by atoms with van der Waals surface area (Å²) < 4.78 is 17.0. The molecule has 0 bridgehead atoms. The number of benzene rings is 3. The first-order valence-electron chi connectivity index (χ1n) is 10.8. The molecule has 5 heteroatoms. The number of esters is 1. The zero-order chi connectivity index (χ0) is 22.5. The Labute approximate surface area is 187 Å². The molecule has 1 heterocycles. The summed E-state index contributed by atoms with van der Waals surface area (Å²) in [4.78, 5) is 12.0. The Kier molecular flexibility index (Phi) is 6.57. The van der Waals surface area contributed by atoms with E-state index in [1.807, 2.05) is 49.4 Å². The highest BCUT2D eigenvalue weighted by Crippen LogP contribution is 2.30. The van der Waals surface area contributed by atoms with Gasteiger partial charge < -0.3 is 19.6 Å². The van der Waals surface area contributed by atoms with E-state index in [4.69, 9.17) is 19.6 Å². The maximum Gasteiger partial charge on any atom is 0.310 e. The summed E-state index contributed by atoms with van der Waals surface area (Å²) in [6.45, 7) is 4.97. The number of nitrogens with two attached hydrogens (primary N) is 1.